The summed E-state index contributed by atoms with van der Waals surface area (Å²) in [5.41, 5.74) is 2.21. The lowest BCUT2D eigenvalue weighted by molar-refractivity contribution is -0.132. The minimum atomic E-state index is 0.0831. The van der Waals surface area contributed by atoms with Crippen molar-refractivity contribution in [3.63, 3.8) is 0 Å². The highest BCUT2D eigenvalue weighted by atomic mass is 32.2. The Labute approximate surface area is 144 Å². The fraction of sp³-hybridized carbons (Fsp3) is 0.353. The van der Waals surface area contributed by atoms with Crippen LogP contribution in [0.2, 0.25) is 0 Å². The van der Waals surface area contributed by atoms with Gasteiger partial charge in [0, 0.05) is 24.8 Å². The maximum atomic E-state index is 12.5. The van der Waals surface area contributed by atoms with Crippen LogP contribution in [0.15, 0.2) is 35.0 Å². The number of rotatable bonds is 5. The number of nitrogens with zero attached hydrogens (tertiary/aromatic N) is 1. The second kappa shape index (κ2) is 7.27. The summed E-state index contributed by atoms with van der Waals surface area (Å²) in [6.07, 6.45) is 0.590. The number of hydrogen-bond acceptors (Lipinski definition) is 5. The Morgan fingerprint density at radius 3 is 2.57 bits per heavy atom. The summed E-state index contributed by atoms with van der Waals surface area (Å²) in [5.74, 6) is 2.55. The molecule has 1 amide bonds. The van der Waals surface area contributed by atoms with Gasteiger partial charge in [0.05, 0.1) is 14.2 Å². The molecule has 0 bridgehead atoms. The van der Waals surface area contributed by atoms with Gasteiger partial charge in [-0.1, -0.05) is 0 Å². The van der Waals surface area contributed by atoms with Crippen LogP contribution in [0.25, 0.3) is 0 Å². The van der Waals surface area contributed by atoms with Crippen LogP contribution in [0.3, 0.4) is 0 Å². The standard InChI is InChI=1S/C17H19NO3S2/c1-20-14-7-12(8-15(9-14)21-2)10-18-16(19)4-6-23-17(18)13-3-5-22-11-13/h3,5,7-9,11,17H,4,6,10H2,1-2H3. The molecule has 4 nitrogen and oxygen atoms in total. The summed E-state index contributed by atoms with van der Waals surface area (Å²) in [5, 5.41) is 4.26. The summed E-state index contributed by atoms with van der Waals surface area (Å²) in [6.45, 7) is 0.555. The average molecular weight is 349 g/mol. The Balaban J connectivity index is 1.87. The first-order chi connectivity index (χ1) is 11.2. The Bertz CT molecular complexity index is 650. The van der Waals surface area contributed by atoms with E-state index in [1.807, 2.05) is 34.9 Å². The fourth-order valence-electron chi connectivity index (χ4n) is 2.64. The van der Waals surface area contributed by atoms with Crippen LogP contribution in [0.1, 0.15) is 22.9 Å². The number of amides is 1. The number of benzene rings is 1. The zero-order valence-corrected chi connectivity index (χ0v) is 14.8. The number of ether oxygens (including phenoxy) is 2. The van der Waals surface area contributed by atoms with Crippen LogP contribution in [0.5, 0.6) is 11.5 Å². The maximum absolute atomic E-state index is 12.5. The van der Waals surface area contributed by atoms with Crippen LogP contribution in [-0.2, 0) is 11.3 Å². The minimum Gasteiger partial charge on any atom is -0.497 e. The second-order valence-electron chi connectivity index (χ2n) is 5.27. The smallest absolute Gasteiger partial charge is 0.224 e. The summed E-state index contributed by atoms with van der Waals surface area (Å²) in [6, 6.07) is 7.85. The van der Waals surface area contributed by atoms with Crippen molar-refractivity contribution >= 4 is 29.0 Å². The van der Waals surface area contributed by atoms with Gasteiger partial charge in [-0.25, -0.2) is 0 Å². The molecule has 1 aromatic heterocycles. The first-order valence-corrected chi connectivity index (χ1v) is 9.35. The summed E-state index contributed by atoms with van der Waals surface area (Å²) in [4.78, 5) is 14.4. The molecule has 1 aromatic carbocycles. The maximum Gasteiger partial charge on any atom is 0.224 e. The molecular weight excluding hydrogens is 330 g/mol. The van der Waals surface area contributed by atoms with Gasteiger partial charge in [0.25, 0.3) is 0 Å². The van der Waals surface area contributed by atoms with E-state index < -0.39 is 0 Å². The van der Waals surface area contributed by atoms with Gasteiger partial charge in [-0.05, 0) is 40.1 Å². The molecule has 1 aliphatic rings. The molecular formula is C17H19NO3S2. The SMILES string of the molecule is COc1cc(CN2C(=O)CCSC2c2ccsc2)cc(OC)c1. The van der Waals surface area contributed by atoms with Crippen molar-refractivity contribution in [1.82, 2.24) is 4.90 Å². The molecule has 0 aliphatic carbocycles. The Morgan fingerprint density at radius 1 is 1.22 bits per heavy atom. The van der Waals surface area contributed by atoms with Gasteiger partial charge in [0.1, 0.15) is 16.9 Å². The molecule has 1 aliphatic heterocycles. The van der Waals surface area contributed by atoms with E-state index in [4.69, 9.17) is 9.47 Å². The van der Waals surface area contributed by atoms with Crippen LogP contribution >= 0.6 is 23.1 Å². The molecule has 1 atom stereocenters. The van der Waals surface area contributed by atoms with Crippen LogP contribution in [0.4, 0.5) is 0 Å². The van der Waals surface area contributed by atoms with E-state index in [9.17, 15) is 4.79 Å². The molecule has 122 valence electrons. The normalized spacial score (nSPS) is 18.1. The van der Waals surface area contributed by atoms with E-state index in [1.54, 1.807) is 25.6 Å². The third-order valence-electron chi connectivity index (χ3n) is 3.79. The largest absolute Gasteiger partial charge is 0.497 e. The molecule has 23 heavy (non-hydrogen) atoms. The van der Waals surface area contributed by atoms with E-state index in [0.29, 0.717) is 13.0 Å². The molecule has 1 fully saturated rings. The van der Waals surface area contributed by atoms with Crippen LogP contribution in [-0.4, -0.2) is 30.8 Å². The summed E-state index contributed by atoms with van der Waals surface area (Å²) in [7, 11) is 3.27. The molecule has 3 rings (SSSR count). The van der Waals surface area contributed by atoms with E-state index >= 15 is 0 Å². The number of thiophene rings is 1. The number of carbonyl (C=O) groups excluding carboxylic acids is 1. The molecule has 0 saturated carbocycles. The molecule has 0 spiro atoms. The predicted octanol–water partition coefficient (Wildman–Crippen LogP) is 3.93. The van der Waals surface area contributed by atoms with Crippen molar-refractivity contribution in [2.75, 3.05) is 20.0 Å². The quantitative estimate of drug-likeness (QED) is 0.820. The molecule has 0 radical (unpaired) electrons. The lowest BCUT2D eigenvalue weighted by Gasteiger charge is -2.35. The highest BCUT2D eigenvalue weighted by Crippen LogP contribution is 2.39. The zero-order chi connectivity index (χ0) is 16.2. The van der Waals surface area contributed by atoms with Gasteiger partial charge in [0.15, 0.2) is 0 Å². The number of carbonyl (C=O) groups is 1. The van der Waals surface area contributed by atoms with Gasteiger partial charge >= 0.3 is 0 Å². The fourth-order valence-corrected chi connectivity index (χ4v) is 4.63. The third kappa shape index (κ3) is 3.64. The number of methoxy groups -OCH3 is 2. The summed E-state index contributed by atoms with van der Waals surface area (Å²) < 4.78 is 10.7. The zero-order valence-electron chi connectivity index (χ0n) is 13.2. The van der Waals surface area contributed by atoms with E-state index in [-0.39, 0.29) is 11.3 Å². The molecule has 1 saturated heterocycles. The topological polar surface area (TPSA) is 38.8 Å². The highest BCUT2D eigenvalue weighted by molar-refractivity contribution is 7.99. The molecule has 6 heteroatoms. The van der Waals surface area contributed by atoms with Crippen LogP contribution in [0, 0.1) is 0 Å². The summed E-state index contributed by atoms with van der Waals surface area (Å²) >= 11 is 3.48. The van der Waals surface area contributed by atoms with Crippen molar-refractivity contribution in [2.24, 2.45) is 0 Å². The Kier molecular flexibility index (Phi) is 5.13. The van der Waals surface area contributed by atoms with Crippen molar-refractivity contribution in [3.05, 3.63) is 46.2 Å². The molecule has 2 heterocycles. The predicted molar refractivity (Wildman–Crippen MR) is 94.2 cm³/mol. The van der Waals surface area contributed by atoms with Crippen LogP contribution < -0.4 is 9.47 Å². The third-order valence-corrected chi connectivity index (χ3v) is 5.77. The van der Waals surface area contributed by atoms with Gasteiger partial charge in [-0.3, -0.25) is 4.79 Å². The second-order valence-corrected chi connectivity index (χ2v) is 7.24. The van der Waals surface area contributed by atoms with Gasteiger partial charge < -0.3 is 14.4 Å². The van der Waals surface area contributed by atoms with Crippen molar-refractivity contribution in [2.45, 2.75) is 18.3 Å². The van der Waals surface area contributed by atoms with E-state index in [1.165, 1.54) is 5.56 Å². The number of hydrogen-bond donors (Lipinski definition) is 0. The first kappa shape index (κ1) is 16.2. The number of thioether (sulfide) groups is 1. The average Bonchev–Trinajstić information content (AvgIpc) is 3.10. The lowest BCUT2D eigenvalue weighted by Crippen LogP contribution is -2.36. The van der Waals surface area contributed by atoms with Gasteiger partial charge in [-0.15, -0.1) is 11.8 Å². The van der Waals surface area contributed by atoms with Crippen molar-refractivity contribution in [1.29, 1.82) is 0 Å². The molecule has 1 unspecified atom stereocenters. The van der Waals surface area contributed by atoms with E-state index in [2.05, 4.69) is 16.8 Å². The molecule has 2 aromatic rings. The first-order valence-electron chi connectivity index (χ1n) is 7.36. The Hall–Kier alpha value is -1.66. The van der Waals surface area contributed by atoms with Gasteiger partial charge in [-0.2, -0.15) is 11.3 Å². The van der Waals surface area contributed by atoms with E-state index in [0.717, 1.165) is 22.8 Å². The van der Waals surface area contributed by atoms with Gasteiger partial charge in [0.2, 0.25) is 5.91 Å². The minimum absolute atomic E-state index is 0.0831. The molecule has 0 N–H and O–H groups in total. The Morgan fingerprint density at radius 2 is 1.96 bits per heavy atom. The van der Waals surface area contributed by atoms with Crippen molar-refractivity contribution in [3.8, 4) is 11.5 Å². The monoisotopic (exact) mass is 349 g/mol. The highest BCUT2D eigenvalue weighted by Gasteiger charge is 2.30. The van der Waals surface area contributed by atoms with Crippen molar-refractivity contribution < 1.29 is 14.3 Å². The lowest BCUT2D eigenvalue weighted by atomic mass is 10.1.